The minimum Gasteiger partial charge on any atom is -0.390 e. The van der Waals surface area contributed by atoms with Gasteiger partial charge in [0.05, 0.1) is 16.2 Å². The van der Waals surface area contributed by atoms with E-state index < -0.39 is 11.7 Å². The number of rotatable bonds is 5. The van der Waals surface area contributed by atoms with Crippen LogP contribution in [0.15, 0.2) is 22.7 Å². The van der Waals surface area contributed by atoms with E-state index in [1.807, 2.05) is 20.8 Å². The summed E-state index contributed by atoms with van der Waals surface area (Å²) in [5, 5.41) is 10.1. The van der Waals surface area contributed by atoms with Gasteiger partial charge in [-0.1, -0.05) is 6.07 Å². The van der Waals surface area contributed by atoms with Gasteiger partial charge in [0.2, 0.25) is 0 Å². The lowest BCUT2D eigenvalue weighted by atomic mass is 9.95. The Morgan fingerprint density at radius 2 is 2.12 bits per heavy atom. The van der Waals surface area contributed by atoms with Crippen molar-refractivity contribution in [2.75, 3.05) is 6.61 Å². The molecule has 4 heteroatoms. The van der Waals surface area contributed by atoms with Crippen LogP contribution < -0.4 is 0 Å². The second-order valence-corrected chi connectivity index (χ2v) is 5.36. The highest BCUT2D eigenvalue weighted by Gasteiger charge is 2.28. The molecule has 17 heavy (non-hydrogen) atoms. The number of halogens is 2. The average molecular weight is 305 g/mol. The molecular formula is C13H18BrFO2. The van der Waals surface area contributed by atoms with Gasteiger partial charge in [-0.2, -0.15) is 0 Å². The summed E-state index contributed by atoms with van der Waals surface area (Å²) >= 11 is 3.13. The molecule has 1 N–H and O–H groups in total. The molecule has 1 unspecified atom stereocenters. The van der Waals surface area contributed by atoms with Crippen molar-refractivity contribution in [2.45, 2.75) is 38.9 Å². The van der Waals surface area contributed by atoms with Gasteiger partial charge in [0.15, 0.2) is 0 Å². The maximum absolute atomic E-state index is 13.1. The van der Waals surface area contributed by atoms with E-state index in [0.717, 1.165) is 5.56 Å². The molecule has 0 saturated heterocycles. The SMILES string of the molecule is CCOC(C)(C)C(O)Cc1ccc(F)c(Br)c1. The molecule has 0 aliphatic rings. The van der Waals surface area contributed by atoms with Crippen LogP contribution in [0.3, 0.4) is 0 Å². The summed E-state index contributed by atoms with van der Waals surface area (Å²) in [5.74, 6) is -0.299. The van der Waals surface area contributed by atoms with Crippen LogP contribution in [0.1, 0.15) is 26.3 Å². The van der Waals surface area contributed by atoms with Crippen molar-refractivity contribution in [3.8, 4) is 0 Å². The van der Waals surface area contributed by atoms with Gasteiger partial charge in [-0.3, -0.25) is 0 Å². The number of aliphatic hydroxyl groups is 1. The molecule has 1 aromatic carbocycles. The van der Waals surface area contributed by atoms with Crippen molar-refractivity contribution in [1.29, 1.82) is 0 Å². The molecule has 1 aromatic rings. The summed E-state index contributed by atoms with van der Waals surface area (Å²) in [4.78, 5) is 0. The first-order valence-corrected chi connectivity index (χ1v) is 6.42. The highest BCUT2D eigenvalue weighted by Crippen LogP contribution is 2.22. The van der Waals surface area contributed by atoms with Crippen molar-refractivity contribution in [3.05, 3.63) is 34.1 Å². The first-order valence-electron chi connectivity index (χ1n) is 5.62. The maximum atomic E-state index is 13.1. The minimum absolute atomic E-state index is 0.299. The Balaban J connectivity index is 2.73. The average Bonchev–Trinajstić information content (AvgIpc) is 2.23. The lowest BCUT2D eigenvalue weighted by Gasteiger charge is -2.30. The molecule has 0 amide bonds. The summed E-state index contributed by atoms with van der Waals surface area (Å²) in [6, 6.07) is 4.74. The van der Waals surface area contributed by atoms with Crippen LogP contribution >= 0.6 is 15.9 Å². The molecule has 1 rings (SSSR count). The highest BCUT2D eigenvalue weighted by atomic mass is 79.9. The molecule has 0 aromatic heterocycles. The molecule has 0 bridgehead atoms. The van der Waals surface area contributed by atoms with Gasteiger partial charge in [-0.15, -0.1) is 0 Å². The fraction of sp³-hybridized carbons (Fsp3) is 0.538. The van der Waals surface area contributed by atoms with Gasteiger partial charge in [0, 0.05) is 13.0 Å². The van der Waals surface area contributed by atoms with Crippen LogP contribution in [0.2, 0.25) is 0 Å². The zero-order valence-corrected chi connectivity index (χ0v) is 11.9. The number of hydrogen-bond donors (Lipinski definition) is 1. The van der Waals surface area contributed by atoms with Crippen LogP contribution in [-0.4, -0.2) is 23.4 Å². The van der Waals surface area contributed by atoms with Crippen LogP contribution in [0, 0.1) is 5.82 Å². The standard InChI is InChI=1S/C13H18BrFO2/c1-4-17-13(2,3)12(16)8-9-5-6-11(15)10(14)7-9/h5-7,12,16H,4,8H2,1-3H3. The topological polar surface area (TPSA) is 29.5 Å². The van der Waals surface area contributed by atoms with E-state index in [-0.39, 0.29) is 5.82 Å². The number of benzene rings is 1. The first kappa shape index (κ1) is 14.6. The van der Waals surface area contributed by atoms with Gasteiger partial charge in [0.1, 0.15) is 5.82 Å². The molecule has 2 nitrogen and oxygen atoms in total. The van der Waals surface area contributed by atoms with Gasteiger partial charge in [0.25, 0.3) is 0 Å². The molecule has 0 aliphatic heterocycles. The van der Waals surface area contributed by atoms with E-state index in [2.05, 4.69) is 15.9 Å². The van der Waals surface area contributed by atoms with Gasteiger partial charge in [-0.05, 0) is 54.4 Å². The van der Waals surface area contributed by atoms with Crippen LogP contribution in [0.25, 0.3) is 0 Å². The van der Waals surface area contributed by atoms with Crippen molar-refractivity contribution in [1.82, 2.24) is 0 Å². The van der Waals surface area contributed by atoms with Crippen LogP contribution in [0.4, 0.5) is 4.39 Å². The summed E-state index contributed by atoms with van der Waals surface area (Å²) in [5.41, 5.74) is 0.272. The normalized spacial score (nSPS) is 13.8. The summed E-state index contributed by atoms with van der Waals surface area (Å²) in [7, 11) is 0. The van der Waals surface area contributed by atoms with Gasteiger partial charge < -0.3 is 9.84 Å². The minimum atomic E-state index is -0.625. The maximum Gasteiger partial charge on any atom is 0.137 e. The zero-order valence-electron chi connectivity index (χ0n) is 10.3. The Morgan fingerprint density at radius 3 is 2.65 bits per heavy atom. The third kappa shape index (κ3) is 4.05. The van der Waals surface area contributed by atoms with E-state index in [4.69, 9.17) is 4.74 Å². The Hall–Kier alpha value is -0.450. The van der Waals surface area contributed by atoms with Crippen LogP contribution in [0.5, 0.6) is 0 Å². The third-order valence-electron chi connectivity index (χ3n) is 2.73. The molecule has 0 aliphatic carbocycles. The van der Waals surface area contributed by atoms with Crippen molar-refractivity contribution < 1.29 is 14.2 Å². The molecule has 0 fully saturated rings. The van der Waals surface area contributed by atoms with Gasteiger partial charge >= 0.3 is 0 Å². The van der Waals surface area contributed by atoms with Gasteiger partial charge in [-0.25, -0.2) is 4.39 Å². The number of ether oxygens (including phenoxy) is 1. The van der Waals surface area contributed by atoms with Crippen molar-refractivity contribution in [2.24, 2.45) is 0 Å². The first-order chi connectivity index (χ1) is 7.86. The van der Waals surface area contributed by atoms with Crippen molar-refractivity contribution >= 4 is 15.9 Å². The largest absolute Gasteiger partial charge is 0.390 e. The Morgan fingerprint density at radius 1 is 1.47 bits per heavy atom. The summed E-state index contributed by atoms with van der Waals surface area (Å²) in [6.45, 7) is 6.14. The molecule has 1 atom stereocenters. The predicted molar refractivity (Wildman–Crippen MR) is 69.5 cm³/mol. The molecule has 0 spiro atoms. The molecular weight excluding hydrogens is 287 g/mol. The summed E-state index contributed by atoms with van der Waals surface area (Å²) < 4.78 is 19.0. The lowest BCUT2D eigenvalue weighted by Crippen LogP contribution is -2.40. The second-order valence-electron chi connectivity index (χ2n) is 4.50. The van der Waals surface area contributed by atoms with E-state index in [1.54, 1.807) is 12.1 Å². The Bertz CT molecular complexity index is 380. The molecule has 0 saturated carbocycles. The second kappa shape index (κ2) is 5.94. The number of hydrogen-bond acceptors (Lipinski definition) is 2. The fourth-order valence-corrected chi connectivity index (χ4v) is 2.03. The molecule has 0 radical (unpaired) electrons. The summed E-state index contributed by atoms with van der Waals surface area (Å²) in [6.07, 6.45) is -0.189. The smallest absolute Gasteiger partial charge is 0.137 e. The molecule has 96 valence electrons. The fourth-order valence-electron chi connectivity index (χ4n) is 1.60. The van der Waals surface area contributed by atoms with Crippen LogP contribution in [-0.2, 0) is 11.2 Å². The van der Waals surface area contributed by atoms with E-state index >= 15 is 0 Å². The Labute approximate surface area is 110 Å². The van der Waals surface area contributed by atoms with E-state index in [0.29, 0.717) is 17.5 Å². The Kier molecular flexibility index (Phi) is 5.10. The lowest BCUT2D eigenvalue weighted by molar-refractivity contribution is -0.0955. The number of aliphatic hydroxyl groups excluding tert-OH is 1. The van der Waals surface area contributed by atoms with E-state index in [1.165, 1.54) is 6.07 Å². The highest BCUT2D eigenvalue weighted by molar-refractivity contribution is 9.10. The monoisotopic (exact) mass is 304 g/mol. The molecule has 0 heterocycles. The van der Waals surface area contributed by atoms with E-state index in [9.17, 15) is 9.50 Å². The third-order valence-corrected chi connectivity index (χ3v) is 3.34. The predicted octanol–water partition coefficient (Wildman–Crippen LogP) is 3.31. The quantitative estimate of drug-likeness (QED) is 0.904. The zero-order chi connectivity index (χ0) is 13.1. The van der Waals surface area contributed by atoms with Crippen molar-refractivity contribution in [3.63, 3.8) is 0 Å².